The van der Waals surface area contributed by atoms with E-state index < -0.39 is 11.9 Å². The average molecular weight is 538 g/mol. The van der Waals surface area contributed by atoms with Crippen LogP contribution in [0.15, 0.2) is 75.8 Å². The number of ether oxygens (including phenoxy) is 5. The van der Waals surface area contributed by atoms with Gasteiger partial charge in [-0.15, -0.1) is 0 Å². The molecule has 1 aliphatic heterocycles. The highest BCUT2D eigenvalue weighted by atomic mass is 79.9. The summed E-state index contributed by atoms with van der Waals surface area (Å²) in [6.07, 6.45) is 1.49. The molecule has 1 heterocycles. The van der Waals surface area contributed by atoms with Gasteiger partial charge in [0.25, 0.3) is 0 Å². The zero-order valence-corrected chi connectivity index (χ0v) is 20.6. The molecule has 178 valence electrons. The molecular formula is C26H20BrNO7. The van der Waals surface area contributed by atoms with E-state index in [1.807, 2.05) is 6.07 Å². The predicted octanol–water partition coefficient (Wildman–Crippen LogP) is 5.04. The molecule has 3 aromatic carbocycles. The molecule has 0 atom stereocenters. The molecule has 8 nitrogen and oxygen atoms in total. The summed E-state index contributed by atoms with van der Waals surface area (Å²) in [7, 11) is 4.47. The van der Waals surface area contributed by atoms with Gasteiger partial charge < -0.3 is 23.7 Å². The number of nitrogens with zero attached hydrogens (tertiary/aromatic N) is 1. The highest BCUT2D eigenvalue weighted by Crippen LogP contribution is 2.39. The fourth-order valence-electron chi connectivity index (χ4n) is 3.34. The van der Waals surface area contributed by atoms with E-state index in [1.54, 1.807) is 54.6 Å². The number of esters is 2. The first-order valence-electron chi connectivity index (χ1n) is 10.3. The number of carbonyl (C=O) groups excluding carboxylic acids is 2. The van der Waals surface area contributed by atoms with Crippen molar-refractivity contribution in [3.05, 3.63) is 87.5 Å². The molecule has 0 radical (unpaired) electrons. The molecule has 0 bridgehead atoms. The Morgan fingerprint density at radius 2 is 1.60 bits per heavy atom. The van der Waals surface area contributed by atoms with Crippen molar-refractivity contribution in [3.8, 4) is 23.0 Å². The summed E-state index contributed by atoms with van der Waals surface area (Å²) in [6, 6.07) is 16.9. The normalized spacial score (nSPS) is 13.8. The molecule has 0 saturated heterocycles. The quantitative estimate of drug-likeness (QED) is 0.237. The molecule has 0 N–H and O–H groups in total. The van der Waals surface area contributed by atoms with Gasteiger partial charge in [-0.1, -0.05) is 34.1 Å². The maximum Gasteiger partial charge on any atom is 0.363 e. The number of hydrogen-bond acceptors (Lipinski definition) is 8. The summed E-state index contributed by atoms with van der Waals surface area (Å²) in [6.45, 7) is 0. The SMILES string of the molecule is COc1cc(C2=N/C(=C/c3cc(Br)ccc3OC(=O)c3ccccc3)C(=O)O2)cc(OC)c1OC. The molecule has 0 aromatic heterocycles. The van der Waals surface area contributed by atoms with E-state index in [0.717, 1.165) is 4.47 Å². The minimum absolute atomic E-state index is 0.0314. The Bertz CT molecular complexity index is 1320. The lowest BCUT2D eigenvalue weighted by molar-refractivity contribution is -0.129. The minimum atomic E-state index is -0.658. The number of methoxy groups -OCH3 is 3. The van der Waals surface area contributed by atoms with Gasteiger partial charge in [0.2, 0.25) is 11.6 Å². The molecule has 0 unspecified atom stereocenters. The van der Waals surface area contributed by atoms with E-state index in [9.17, 15) is 9.59 Å². The lowest BCUT2D eigenvalue weighted by Crippen LogP contribution is -2.09. The van der Waals surface area contributed by atoms with Gasteiger partial charge in [0.05, 0.1) is 26.9 Å². The zero-order valence-electron chi connectivity index (χ0n) is 19.0. The number of aliphatic imine (C=N–C) groups is 1. The van der Waals surface area contributed by atoms with Crippen molar-refractivity contribution in [3.63, 3.8) is 0 Å². The summed E-state index contributed by atoms with van der Waals surface area (Å²) >= 11 is 3.40. The van der Waals surface area contributed by atoms with E-state index in [1.165, 1.54) is 27.4 Å². The van der Waals surface area contributed by atoms with Crippen LogP contribution in [0.2, 0.25) is 0 Å². The van der Waals surface area contributed by atoms with E-state index in [2.05, 4.69) is 20.9 Å². The van der Waals surface area contributed by atoms with Gasteiger partial charge >= 0.3 is 11.9 Å². The summed E-state index contributed by atoms with van der Waals surface area (Å²) < 4.78 is 27.8. The smallest absolute Gasteiger partial charge is 0.363 e. The van der Waals surface area contributed by atoms with Crippen LogP contribution in [-0.2, 0) is 9.53 Å². The first kappa shape index (κ1) is 24.0. The van der Waals surface area contributed by atoms with E-state index in [-0.39, 0.29) is 17.3 Å². The molecule has 4 rings (SSSR count). The van der Waals surface area contributed by atoms with Crippen molar-refractivity contribution in [2.75, 3.05) is 21.3 Å². The number of halogens is 1. The largest absolute Gasteiger partial charge is 0.493 e. The second kappa shape index (κ2) is 10.4. The molecule has 35 heavy (non-hydrogen) atoms. The van der Waals surface area contributed by atoms with Crippen LogP contribution >= 0.6 is 15.9 Å². The van der Waals surface area contributed by atoms with E-state index in [4.69, 9.17) is 23.7 Å². The van der Waals surface area contributed by atoms with E-state index >= 15 is 0 Å². The van der Waals surface area contributed by atoms with Crippen molar-refractivity contribution in [1.82, 2.24) is 0 Å². The highest BCUT2D eigenvalue weighted by molar-refractivity contribution is 9.10. The number of rotatable bonds is 7. The van der Waals surface area contributed by atoms with Crippen molar-refractivity contribution >= 4 is 39.8 Å². The first-order chi connectivity index (χ1) is 16.9. The molecule has 9 heteroatoms. The van der Waals surface area contributed by atoms with Crippen molar-refractivity contribution < 1.29 is 33.3 Å². The molecule has 0 fully saturated rings. The van der Waals surface area contributed by atoms with Crippen LogP contribution in [0.4, 0.5) is 0 Å². The molecule has 0 saturated carbocycles. The van der Waals surface area contributed by atoms with Crippen LogP contribution in [0.25, 0.3) is 6.08 Å². The Labute approximate surface area is 209 Å². The van der Waals surface area contributed by atoms with E-state index in [0.29, 0.717) is 33.9 Å². The lowest BCUT2D eigenvalue weighted by atomic mass is 10.1. The van der Waals surface area contributed by atoms with Crippen molar-refractivity contribution in [2.45, 2.75) is 0 Å². The standard InChI is InChI=1S/C26H20BrNO7/c1-31-21-13-17(14-22(32-2)23(21)33-3)24-28-19(26(30)35-24)12-16-11-18(27)9-10-20(16)34-25(29)15-7-5-4-6-8-15/h4-14H,1-3H3/b19-12+. The molecule has 0 aliphatic carbocycles. The lowest BCUT2D eigenvalue weighted by Gasteiger charge is -2.13. The van der Waals surface area contributed by atoms with Gasteiger partial charge in [0, 0.05) is 15.6 Å². The van der Waals surface area contributed by atoms with Crippen LogP contribution < -0.4 is 18.9 Å². The second-order valence-corrected chi connectivity index (χ2v) is 8.10. The average Bonchev–Trinajstić information content (AvgIpc) is 3.25. The summed E-state index contributed by atoms with van der Waals surface area (Å²) in [5, 5.41) is 0. The molecule has 3 aromatic rings. The van der Waals surface area contributed by atoms with Gasteiger partial charge in [-0.3, -0.25) is 0 Å². The third kappa shape index (κ3) is 5.20. The zero-order chi connectivity index (χ0) is 24.9. The maximum atomic E-state index is 12.6. The number of carbonyl (C=O) groups is 2. The van der Waals surface area contributed by atoms with Gasteiger partial charge in [-0.05, 0) is 48.5 Å². The van der Waals surface area contributed by atoms with Gasteiger partial charge in [0.15, 0.2) is 17.2 Å². The third-order valence-corrected chi connectivity index (χ3v) is 5.50. The fraction of sp³-hybridized carbons (Fsp3) is 0.115. The summed E-state index contributed by atoms with van der Waals surface area (Å²) in [5.41, 5.74) is 1.35. The Morgan fingerprint density at radius 3 is 2.23 bits per heavy atom. The van der Waals surface area contributed by atoms with Crippen LogP contribution in [0.1, 0.15) is 21.5 Å². The first-order valence-corrected chi connectivity index (χ1v) is 11.1. The molecule has 1 aliphatic rings. The van der Waals surface area contributed by atoms with Crippen LogP contribution in [0.3, 0.4) is 0 Å². The van der Waals surface area contributed by atoms with Gasteiger partial charge in [-0.2, -0.15) is 0 Å². The highest BCUT2D eigenvalue weighted by Gasteiger charge is 2.27. The Hall–Kier alpha value is -4.11. The summed E-state index contributed by atoms with van der Waals surface area (Å²) in [4.78, 5) is 29.5. The second-order valence-electron chi connectivity index (χ2n) is 7.19. The molecule has 0 spiro atoms. The molecule has 0 amide bonds. The summed E-state index contributed by atoms with van der Waals surface area (Å²) in [5.74, 6) is 0.327. The number of hydrogen-bond donors (Lipinski definition) is 0. The minimum Gasteiger partial charge on any atom is -0.493 e. The number of benzene rings is 3. The monoisotopic (exact) mass is 537 g/mol. The molecular weight excluding hydrogens is 518 g/mol. The van der Waals surface area contributed by atoms with Gasteiger partial charge in [-0.25, -0.2) is 14.6 Å². The van der Waals surface area contributed by atoms with Crippen LogP contribution in [0, 0.1) is 0 Å². The maximum absolute atomic E-state index is 12.6. The number of cyclic esters (lactones) is 1. The Morgan fingerprint density at radius 1 is 0.914 bits per heavy atom. The fourth-order valence-corrected chi connectivity index (χ4v) is 3.72. The Kier molecular flexibility index (Phi) is 7.17. The predicted molar refractivity (Wildman–Crippen MR) is 132 cm³/mol. The Balaban J connectivity index is 1.69. The van der Waals surface area contributed by atoms with Crippen molar-refractivity contribution in [1.29, 1.82) is 0 Å². The van der Waals surface area contributed by atoms with Crippen molar-refractivity contribution in [2.24, 2.45) is 4.99 Å². The third-order valence-electron chi connectivity index (χ3n) is 5.01. The van der Waals surface area contributed by atoms with Crippen LogP contribution in [-0.4, -0.2) is 39.2 Å². The topological polar surface area (TPSA) is 92.7 Å². The van der Waals surface area contributed by atoms with Gasteiger partial charge in [0.1, 0.15) is 5.75 Å². The van der Waals surface area contributed by atoms with Crippen LogP contribution in [0.5, 0.6) is 23.0 Å².